The second kappa shape index (κ2) is 4.53. The highest BCUT2D eigenvalue weighted by atomic mass is 16.1. The molecule has 0 unspecified atom stereocenters. The third-order valence-electron chi connectivity index (χ3n) is 2.44. The normalized spacial score (nSPS) is 15.5. The molecule has 1 saturated carbocycles. The molecule has 1 aliphatic rings. The van der Waals surface area contributed by atoms with Gasteiger partial charge in [-0.15, -0.1) is 5.10 Å². The summed E-state index contributed by atoms with van der Waals surface area (Å²) >= 11 is 0. The van der Waals surface area contributed by atoms with E-state index in [1.54, 1.807) is 17.9 Å². The van der Waals surface area contributed by atoms with Gasteiger partial charge in [0, 0.05) is 32.3 Å². The quantitative estimate of drug-likeness (QED) is 0.718. The molecule has 15 heavy (non-hydrogen) atoms. The summed E-state index contributed by atoms with van der Waals surface area (Å²) in [4.78, 5) is 11.5. The van der Waals surface area contributed by atoms with Crippen molar-refractivity contribution >= 4 is 5.78 Å². The molecule has 1 fully saturated rings. The Kier molecular flexibility index (Phi) is 3.11. The van der Waals surface area contributed by atoms with Gasteiger partial charge in [0.2, 0.25) is 0 Å². The number of nitrogens with zero attached hydrogens (tertiary/aromatic N) is 3. The van der Waals surface area contributed by atoms with Crippen LogP contribution in [0.25, 0.3) is 0 Å². The predicted octanol–water partition coefficient (Wildman–Crippen LogP) is 0.0688. The molecule has 0 bridgehead atoms. The largest absolute Gasteiger partial charge is 0.314 e. The summed E-state index contributed by atoms with van der Waals surface area (Å²) in [6, 6.07) is 0.675. The van der Waals surface area contributed by atoms with E-state index in [2.05, 4.69) is 15.6 Å². The fourth-order valence-corrected chi connectivity index (χ4v) is 1.47. The van der Waals surface area contributed by atoms with E-state index in [1.807, 2.05) is 0 Å². The molecule has 1 N–H and O–H groups in total. The molecule has 1 aromatic rings. The maximum Gasteiger partial charge on any atom is 0.140 e. The van der Waals surface area contributed by atoms with E-state index < -0.39 is 0 Å². The molecule has 1 heterocycles. The first-order valence-corrected chi connectivity index (χ1v) is 5.34. The lowest BCUT2D eigenvalue weighted by Gasteiger charge is -2.00. The summed E-state index contributed by atoms with van der Waals surface area (Å²) in [5.74, 6) is 0.226. The minimum absolute atomic E-state index is 0.226. The van der Waals surface area contributed by atoms with E-state index in [-0.39, 0.29) is 5.78 Å². The molecule has 0 atom stereocenters. The number of ketones is 1. The smallest absolute Gasteiger partial charge is 0.140 e. The van der Waals surface area contributed by atoms with Gasteiger partial charge < -0.3 is 5.32 Å². The number of Topliss-reactive ketones (excluding diaryl/α,β-unsaturated/α-hetero) is 1. The van der Waals surface area contributed by atoms with Crippen LogP contribution in [0.4, 0.5) is 0 Å². The van der Waals surface area contributed by atoms with Crippen LogP contribution < -0.4 is 5.32 Å². The van der Waals surface area contributed by atoms with Crippen LogP contribution in [0.1, 0.15) is 25.0 Å². The lowest BCUT2D eigenvalue weighted by atomic mass is 10.2. The van der Waals surface area contributed by atoms with Gasteiger partial charge in [-0.1, -0.05) is 5.21 Å². The zero-order valence-electron chi connectivity index (χ0n) is 8.94. The summed E-state index contributed by atoms with van der Waals surface area (Å²) in [6.07, 6.45) is 5.30. The van der Waals surface area contributed by atoms with Crippen LogP contribution >= 0.6 is 0 Å². The zero-order valence-corrected chi connectivity index (χ0v) is 8.94. The number of aromatic nitrogens is 3. The van der Waals surface area contributed by atoms with Gasteiger partial charge in [0.15, 0.2) is 0 Å². The molecule has 82 valence electrons. The Labute approximate surface area is 88.9 Å². The first-order chi connectivity index (χ1) is 7.24. The van der Waals surface area contributed by atoms with Gasteiger partial charge >= 0.3 is 0 Å². The summed E-state index contributed by atoms with van der Waals surface area (Å²) in [5.41, 5.74) is 0.758. The molecular weight excluding hydrogens is 192 g/mol. The van der Waals surface area contributed by atoms with Gasteiger partial charge in [-0.05, 0) is 12.8 Å². The van der Waals surface area contributed by atoms with Crippen molar-refractivity contribution in [2.45, 2.75) is 31.7 Å². The van der Waals surface area contributed by atoms with Crippen molar-refractivity contribution in [2.75, 3.05) is 6.54 Å². The molecule has 0 saturated heterocycles. The number of hydrogen-bond acceptors (Lipinski definition) is 4. The van der Waals surface area contributed by atoms with Crippen molar-refractivity contribution in [3.63, 3.8) is 0 Å². The fraction of sp³-hybridized carbons (Fsp3) is 0.700. The summed E-state index contributed by atoms with van der Waals surface area (Å²) in [7, 11) is 1.80. The Morgan fingerprint density at radius 3 is 3.07 bits per heavy atom. The minimum atomic E-state index is 0.226. The second-order valence-corrected chi connectivity index (χ2v) is 4.08. The number of carbonyl (C=O) groups is 1. The molecule has 5 nitrogen and oxygen atoms in total. The van der Waals surface area contributed by atoms with Crippen LogP contribution in [-0.4, -0.2) is 33.4 Å². The van der Waals surface area contributed by atoms with E-state index in [0.29, 0.717) is 18.9 Å². The van der Waals surface area contributed by atoms with Crippen molar-refractivity contribution in [1.82, 2.24) is 20.3 Å². The Morgan fingerprint density at radius 1 is 1.67 bits per heavy atom. The molecular formula is C10H16N4O. The van der Waals surface area contributed by atoms with Crippen LogP contribution in [0.3, 0.4) is 0 Å². The van der Waals surface area contributed by atoms with Crippen LogP contribution in [-0.2, 0) is 18.3 Å². The molecule has 1 aliphatic carbocycles. The summed E-state index contributed by atoms with van der Waals surface area (Å²) in [6.45, 7) is 0.795. The minimum Gasteiger partial charge on any atom is -0.314 e. The van der Waals surface area contributed by atoms with Gasteiger partial charge in [-0.25, -0.2) is 0 Å². The first-order valence-electron chi connectivity index (χ1n) is 5.34. The molecule has 0 aliphatic heterocycles. The molecule has 0 radical (unpaired) electrons. The average Bonchev–Trinajstić information content (AvgIpc) is 2.91. The maximum absolute atomic E-state index is 11.5. The first kappa shape index (κ1) is 10.3. The highest BCUT2D eigenvalue weighted by Crippen LogP contribution is 2.18. The predicted molar refractivity (Wildman–Crippen MR) is 55.4 cm³/mol. The van der Waals surface area contributed by atoms with Crippen LogP contribution in [0, 0.1) is 0 Å². The van der Waals surface area contributed by atoms with E-state index in [1.165, 1.54) is 12.8 Å². The maximum atomic E-state index is 11.5. The van der Waals surface area contributed by atoms with Crippen LogP contribution in [0.5, 0.6) is 0 Å². The highest BCUT2D eigenvalue weighted by Gasteiger charge is 2.20. The number of rotatable bonds is 6. The van der Waals surface area contributed by atoms with Crippen molar-refractivity contribution in [2.24, 2.45) is 7.05 Å². The third kappa shape index (κ3) is 3.43. The number of nitrogens with one attached hydrogen (secondary N) is 1. The summed E-state index contributed by atoms with van der Waals surface area (Å²) in [5, 5.41) is 11.0. The Balaban J connectivity index is 1.67. The molecule has 0 spiro atoms. The molecule has 0 amide bonds. The van der Waals surface area contributed by atoms with Gasteiger partial charge in [-0.2, -0.15) is 0 Å². The highest BCUT2D eigenvalue weighted by molar-refractivity contribution is 5.80. The number of aryl methyl sites for hydroxylation is 1. The Morgan fingerprint density at radius 2 is 2.47 bits per heavy atom. The van der Waals surface area contributed by atoms with Crippen LogP contribution in [0.15, 0.2) is 6.20 Å². The van der Waals surface area contributed by atoms with E-state index in [0.717, 1.165) is 12.2 Å². The Hall–Kier alpha value is -1.23. The lowest BCUT2D eigenvalue weighted by Crippen LogP contribution is -2.20. The fourth-order valence-electron chi connectivity index (χ4n) is 1.47. The molecule has 1 aromatic heterocycles. The van der Waals surface area contributed by atoms with Crippen molar-refractivity contribution in [3.05, 3.63) is 11.9 Å². The molecule has 5 heteroatoms. The summed E-state index contributed by atoms with van der Waals surface area (Å²) < 4.78 is 1.62. The number of hydrogen-bond donors (Lipinski definition) is 1. The molecule has 0 aromatic carbocycles. The van der Waals surface area contributed by atoms with Gasteiger partial charge in [0.25, 0.3) is 0 Å². The Bertz CT molecular complexity index is 343. The monoisotopic (exact) mass is 208 g/mol. The SMILES string of the molecule is Cn1cc(CC(=O)CCNC2CC2)nn1. The topological polar surface area (TPSA) is 59.8 Å². The van der Waals surface area contributed by atoms with E-state index >= 15 is 0 Å². The van der Waals surface area contributed by atoms with E-state index in [9.17, 15) is 4.79 Å². The second-order valence-electron chi connectivity index (χ2n) is 4.08. The van der Waals surface area contributed by atoms with Crippen molar-refractivity contribution in [1.29, 1.82) is 0 Å². The zero-order chi connectivity index (χ0) is 10.7. The van der Waals surface area contributed by atoms with Crippen molar-refractivity contribution < 1.29 is 4.79 Å². The van der Waals surface area contributed by atoms with Gasteiger partial charge in [0.1, 0.15) is 5.78 Å². The molecule has 2 rings (SSSR count). The standard InChI is InChI=1S/C10H16N4O/c1-14-7-9(12-13-14)6-10(15)4-5-11-8-2-3-8/h7-8,11H,2-6H2,1H3. The number of carbonyl (C=O) groups excluding carboxylic acids is 1. The lowest BCUT2D eigenvalue weighted by molar-refractivity contribution is -0.118. The van der Waals surface area contributed by atoms with E-state index in [4.69, 9.17) is 0 Å². The van der Waals surface area contributed by atoms with Gasteiger partial charge in [-0.3, -0.25) is 9.48 Å². The van der Waals surface area contributed by atoms with Gasteiger partial charge in [0.05, 0.1) is 12.1 Å². The van der Waals surface area contributed by atoms with Crippen molar-refractivity contribution in [3.8, 4) is 0 Å². The third-order valence-corrected chi connectivity index (χ3v) is 2.44. The average molecular weight is 208 g/mol. The van der Waals surface area contributed by atoms with Crippen LogP contribution in [0.2, 0.25) is 0 Å².